The van der Waals surface area contributed by atoms with E-state index in [9.17, 15) is 0 Å². The molecule has 2 rings (SSSR count). The highest BCUT2D eigenvalue weighted by molar-refractivity contribution is 4.76. The largest absolute Gasteiger partial charge is 0.315 e. The van der Waals surface area contributed by atoms with Gasteiger partial charge in [0.05, 0.1) is 0 Å². The minimum absolute atomic E-state index is 0.747. The molecule has 2 aliphatic rings. The molecule has 0 spiro atoms. The number of rotatable bonds is 6. The topological polar surface area (TPSA) is 27.3 Å². The van der Waals surface area contributed by atoms with Gasteiger partial charge in [-0.05, 0) is 64.8 Å². The lowest BCUT2D eigenvalue weighted by Crippen LogP contribution is -2.35. The van der Waals surface area contributed by atoms with Gasteiger partial charge in [-0.3, -0.25) is 0 Å². The average Bonchev–Trinajstić information content (AvgIpc) is 2.88. The summed E-state index contributed by atoms with van der Waals surface area (Å²) < 4.78 is 0. The molecule has 2 saturated heterocycles. The Kier molecular flexibility index (Phi) is 4.90. The lowest BCUT2D eigenvalue weighted by Gasteiger charge is -2.15. The van der Waals surface area contributed by atoms with Gasteiger partial charge in [-0.1, -0.05) is 0 Å². The van der Waals surface area contributed by atoms with Gasteiger partial charge < -0.3 is 15.5 Å². The zero-order valence-corrected chi connectivity index (χ0v) is 9.80. The minimum Gasteiger partial charge on any atom is -0.315 e. The Hall–Kier alpha value is -0.120. The van der Waals surface area contributed by atoms with Crippen molar-refractivity contribution >= 4 is 0 Å². The van der Waals surface area contributed by atoms with Gasteiger partial charge in [0, 0.05) is 12.6 Å². The van der Waals surface area contributed by atoms with Crippen molar-refractivity contribution < 1.29 is 0 Å². The molecule has 0 saturated carbocycles. The highest BCUT2D eigenvalue weighted by Crippen LogP contribution is 2.07. The van der Waals surface area contributed by atoms with Crippen LogP contribution in [0.2, 0.25) is 0 Å². The number of nitrogens with one attached hydrogen (secondary N) is 2. The van der Waals surface area contributed by atoms with Crippen LogP contribution in [0.4, 0.5) is 0 Å². The number of nitrogens with zero attached hydrogens (tertiary/aromatic N) is 1. The van der Waals surface area contributed by atoms with Crippen molar-refractivity contribution in [1.82, 2.24) is 15.5 Å². The summed E-state index contributed by atoms with van der Waals surface area (Å²) in [5, 5.41) is 7.08. The highest BCUT2D eigenvalue weighted by Gasteiger charge is 2.13. The van der Waals surface area contributed by atoms with Gasteiger partial charge in [0.1, 0.15) is 0 Å². The van der Waals surface area contributed by atoms with Crippen LogP contribution in [0.3, 0.4) is 0 Å². The summed E-state index contributed by atoms with van der Waals surface area (Å²) in [6, 6.07) is 0.747. The molecule has 0 radical (unpaired) electrons. The molecule has 0 aliphatic carbocycles. The standard InChI is InChI=1S/C12H25N3/c1-2-9-15(8-1)10-4-6-13-11-12-5-3-7-14-12/h12-14H,1-11H2. The monoisotopic (exact) mass is 211 g/mol. The van der Waals surface area contributed by atoms with Gasteiger partial charge >= 0.3 is 0 Å². The molecule has 1 atom stereocenters. The van der Waals surface area contributed by atoms with E-state index < -0.39 is 0 Å². The molecule has 15 heavy (non-hydrogen) atoms. The summed E-state index contributed by atoms with van der Waals surface area (Å²) >= 11 is 0. The maximum absolute atomic E-state index is 3.56. The first-order chi connectivity index (χ1) is 7.45. The van der Waals surface area contributed by atoms with Crippen LogP contribution in [-0.2, 0) is 0 Å². The Morgan fingerprint density at radius 3 is 2.80 bits per heavy atom. The fraction of sp³-hybridized carbons (Fsp3) is 1.00. The van der Waals surface area contributed by atoms with E-state index in [-0.39, 0.29) is 0 Å². The van der Waals surface area contributed by atoms with Gasteiger partial charge in [-0.15, -0.1) is 0 Å². The van der Waals surface area contributed by atoms with Crippen LogP contribution in [0.1, 0.15) is 32.1 Å². The van der Waals surface area contributed by atoms with Crippen LogP contribution in [-0.4, -0.2) is 50.2 Å². The van der Waals surface area contributed by atoms with Crippen molar-refractivity contribution in [2.24, 2.45) is 0 Å². The molecule has 0 amide bonds. The SMILES string of the molecule is C1CNC(CNCCCN2CCCC2)C1. The van der Waals surface area contributed by atoms with Crippen LogP contribution in [0.5, 0.6) is 0 Å². The predicted molar refractivity (Wildman–Crippen MR) is 64.2 cm³/mol. The molecule has 2 N–H and O–H groups in total. The second kappa shape index (κ2) is 6.46. The molecule has 2 heterocycles. The summed E-state index contributed by atoms with van der Waals surface area (Å²) in [6.45, 7) is 7.55. The average molecular weight is 211 g/mol. The van der Waals surface area contributed by atoms with E-state index in [1.54, 1.807) is 0 Å². The summed E-state index contributed by atoms with van der Waals surface area (Å²) in [5.41, 5.74) is 0. The Balaban J connectivity index is 1.41. The van der Waals surface area contributed by atoms with E-state index in [1.807, 2.05) is 0 Å². The van der Waals surface area contributed by atoms with Crippen LogP contribution < -0.4 is 10.6 Å². The van der Waals surface area contributed by atoms with Crippen molar-refractivity contribution in [3.8, 4) is 0 Å². The molecule has 0 bridgehead atoms. The molecule has 3 nitrogen and oxygen atoms in total. The summed E-state index contributed by atoms with van der Waals surface area (Å²) in [6.07, 6.45) is 6.87. The lowest BCUT2D eigenvalue weighted by atomic mass is 10.2. The van der Waals surface area contributed by atoms with E-state index in [4.69, 9.17) is 0 Å². The minimum atomic E-state index is 0.747. The maximum atomic E-state index is 3.56. The molecule has 0 aromatic rings. The Labute approximate surface area is 93.6 Å². The van der Waals surface area contributed by atoms with Crippen LogP contribution in [0, 0.1) is 0 Å². The first-order valence-electron chi connectivity index (χ1n) is 6.61. The summed E-state index contributed by atoms with van der Waals surface area (Å²) in [4.78, 5) is 2.59. The first kappa shape index (κ1) is 11.4. The maximum Gasteiger partial charge on any atom is 0.0192 e. The molecular formula is C12H25N3. The second-order valence-corrected chi connectivity index (χ2v) is 4.90. The van der Waals surface area contributed by atoms with Gasteiger partial charge in [0.15, 0.2) is 0 Å². The highest BCUT2D eigenvalue weighted by atomic mass is 15.1. The van der Waals surface area contributed by atoms with E-state index in [1.165, 1.54) is 71.4 Å². The third-order valence-electron chi connectivity index (χ3n) is 3.58. The Bertz CT molecular complexity index is 142. The predicted octanol–water partition coefficient (Wildman–Crippen LogP) is 0.814. The normalized spacial score (nSPS) is 27.6. The van der Waals surface area contributed by atoms with Gasteiger partial charge in [-0.25, -0.2) is 0 Å². The molecule has 2 aliphatic heterocycles. The van der Waals surface area contributed by atoms with Crippen LogP contribution in [0.15, 0.2) is 0 Å². The van der Waals surface area contributed by atoms with E-state index in [0.29, 0.717) is 0 Å². The fourth-order valence-corrected chi connectivity index (χ4v) is 2.64. The number of likely N-dealkylation sites (tertiary alicyclic amines) is 1. The number of hydrogen-bond acceptors (Lipinski definition) is 3. The van der Waals surface area contributed by atoms with Crippen molar-refractivity contribution in [3.63, 3.8) is 0 Å². The third kappa shape index (κ3) is 4.09. The Morgan fingerprint density at radius 2 is 2.07 bits per heavy atom. The zero-order valence-electron chi connectivity index (χ0n) is 9.80. The van der Waals surface area contributed by atoms with Crippen molar-refractivity contribution in [2.45, 2.75) is 38.1 Å². The van der Waals surface area contributed by atoms with Crippen LogP contribution >= 0.6 is 0 Å². The molecule has 88 valence electrons. The molecule has 0 aromatic heterocycles. The number of hydrogen-bond donors (Lipinski definition) is 2. The van der Waals surface area contributed by atoms with E-state index in [0.717, 1.165) is 6.04 Å². The van der Waals surface area contributed by atoms with Crippen LogP contribution in [0.25, 0.3) is 0 Å². The third-order valence-corrected chi connectivity index (χ3v) is 3.58. The molecule has 1 unspecified atom stereocenters. The van der Waals surface area contributed by atoms with E-state index in [2.05, 4.69) is 15.5 Å². The van der Waals surface area contributed by atoms with Crippen molar-refractivity contribution in [1.29, 1.82) is 0 Å². The quantitative estimate of drug-likeness (QED) is 0.637. The smallest absolute Gasteiger partial charge is 0.0192 e. The molecule has 3 heteroatoms. The van der Waals surface area contributed by atoms with Gasteiger partial charge in [0.2, 0.25) is 0 Å². The zero-order chi connectivity index (χ0) is 10.3. The lowest BCUT2D eigenvalue weighted by molar-refractivity contribution is 0.330. The van der Waals surface area contributed by atoms with Crippen molar-refractivity contribution in [2.75, 3.05) is 39.3 Å². The summed E-state index contributed by atoms with van der Waals surface area (Å²) in [7, 11) is 0. The second-order valence-electron chi connectivity index (χ2n) is 4.90. The van der Waals surface area contributed by atoms with Crippen molar-refractivity contribution in [3.05, 3.63) is 0 Å². The first-order valence-corrected chi connectivity index (χ1v) is 6.61. The van der Waals surface area contributed by atoms with Gasteiger partial charge in [-0.2, -0.15) is 0 Å². The summed E-state index contributed by atoms with van der Waals surface area (Å²) in [5.74, 6) is 0. The van der Waals surface area contributed by atoms with E-state index >= 15 is 0 Å². The molecule has 2 fully saturated rings. The fourth-order valence-electron chi connectivity index (χ4n) is 2.64. The molecule has 0 aromatic carbocycles. The molecular weight excluding hydrogens is 186 g/mol. The van der Waals surface area contributed by atoms with Gasteiger partial charge in [0.25, 0.3) is 0 Å². The Morgan fingerprint density at radius 1 is 1.20 bits per heavy atom.